The molecule has 0 radical (unpaired) electrons. The highest BCUT2D eigenvalue weighted by atomic mass is 16.3. The molecule has 0 spiro atoms. The van der Waals surface area contributed by atoms with E-state index >= 15 is 0 Å². The zero-order chi connectivity index (χ0) is 14.8. The average molecular weight is 286 g/mol. The first-order valence-electron chi connectivity index (χ1n) is 6.95. The van der Waals surface area contributed by atoms with Gasteiger partial charge in [0.05, 0.1) is 25.1 Å². The molecule has 2 N–H and O–H groups in total. The molecule has 0 bridgehead atoms. The first-order valence-corrected chi connectivity index (χ1v) is 6.95. The van der Waals surface area contributed by atoms with Crippen molar-refractivity contribution in [3.63, 3.8) is 0 Å². The lowest BCUT2D eigenvalue weighted by molar-refractivity contribution is 0.249. The summed E-state index contributed by atoms with van der Waals surface area (Å²) in [6.45, 7) is 4.17. The van der Waals surface area contributed by atoms with Crippen LogP contribution in [0.4, 0.5) is 5.82 Å². The Morgan fingerprint density at radius 1 is 1.33 bits per heavy atom. The Morgan fingerprint density at radius 2 is 2.19 bits per heavy atom. The highest BCUT2D eigenvalue weighted by Crippen LogP contribution is 2.21. The molecular formula is C15H18N4O2. The van der Waals surface area contributed by atoms with Crippen LogP contribution in [0.1, 0.15) is 13.8 Å². The Labute approximate surface area is 122 Å². The van der Waals surface area contributed by atoms with E-state index in [4.69, 9.17) is 4.42 Å². The molecule has 0 unspecified atom stereocenters. The van der Waals surface area contributed by atoms with E-state index in [0.29, 0.717) is 11.7 Å². The fraction of sp³-hybridized carbons (Fsp3) is 0.333. The van der Waals surface area contributed by atoms with Crippen LogP contribution >= 0.6 is 0 Å². The summed E-state index contributed by atoms with van der Waals surface area (Å²) in [4.78, 5) is 4.31. The van der Waals surface area contributed by atoms with Crippen LogP contribution in [-0.2, 0) is 0 Å². The quantitative estimate of drug-likeness (QED) is 0.753. The molecule has 0 aromatic carbocycles. The summed E-state index contributed by atoms with van der Waals surface area (Å²) < 4.78 is 7.14. The Kier molecular flexibility index (Phi) is 3.62. The molecular weight excluding hydrogens is 268 g/mol. The Morgan fingerprint density at radius 3 is 2.86 bits per heavy atom. The van der Waals surface area contributed by atoms with Crippen LogP contribution in [0.5, 0.6) is 0 Å². The fourth-order valence-corrected chi connectivity index (χ4v) is 2.16. The molecule has 0 aliphatic carbocycles. The number of hydrogen-bond acceptors (Lipinski definition) is 5. The second-order valence-corrected chi connectivity index (χ2v) is 5.29. The van der Waals surface area contributed by atoms with Crippen molar-refractivity contribution in [1.29, 1.82) is 0 Å². The van der Waals surface area contributed by atoms with Gasteiger partial charge in [0.1, 0.15) is 11.5 Å². The maximum absolute atomic E-state index is 9.41. The van der Waals surface area contributed by atoms with Gasteiger partial charge in [-0.3, -0.25) is 0 Å². The van der Waals surface area contributed by atoms with Crippen LogP contribution in [0, 0.1) is 5.92 Å². The van der Waals surface area contributed by atoms with Crippen molar-refractivity contribution in [2.45, 2.75) is 19.9 Å². The van der Waals surface area contributed by atoms with Crippen LogP contribution in [-0.4, -0.2) is 32.4 Å². The van der Waals surface area contributed by atoms with Crippen molar-refractivity contribution >= 4 is 11.5 Å². The topological polar surface area (TPSA) is 75.6 Å². The maximum atomic E-state index is 9.41. The Balaban J connectivity index is 1.97. The molecule has 3 aromatic rings. The standard InChI is InChI=1S/C15H18N4O2/c1-10(2)11(9-20)17-14-5-6-15-16-8-12(19(15)18-14)13-4-3-7-21-13/h3-8,10-11,20H,9H2,1-2H3,(H,17,18)/t11-/m1/s1. The average Bonchev–Trinajstić information content (AvgIpc) is 3.12. The van der Waals surface area contributed by atoms with Crippen molar-refractivity contribution in [3.8, 4) is 11.5 Å². The van der Waals surface area contributed by atoms with E-state index in [1.807, 2.05) is 24.3 Å². The first-order chi connectivity index (χ1) is 10.2. The number of aromatic nitrogens is 3. The van der Waals surface area contributed by atoms with E-state index in [0.717, 1.165) is 17.1 Å². The van der Waals surface area contributed by atoms with E-state index in [2.05, 4.69) is 29.2 Å². The van der Waals surface area contributed by atoms with Crippen molar-refractivity contribution < 1.29 is 9.52 Å². The lowest BCUT2D eigenvalue weighted by Gasteiger charge is -2.20. The van der Waals surface area contributed by atoms with Crippen molar-refractivity contribution in [2.24, 2.45) is 5.92 Å². The van der Waals surface area contributed by atoms with Gasteiger partial charge in [0, 0.05) is 0 Å². The summed E-state index contributed by atoms with van der Waals surface area (Å²) in [7, 11) is 0. The summed E-state index contributed by atoms with van der Waals surface area (Å²) in [5.74, 6) is 1.72. The lowest BCUT2D eigenvalue weighted by Crippen LogP contribution is -2.30. The number of nitrogens with one attached hydrogen (secondary N) is 1. The van der Waals surface area contributed by atoms with Crippen LogP contribution in [0.15, 0.2) is 41.1 Å². The number of anilines is 1. The minimum atomic E-state index is -0.0365. The van der Waals surface area contributed by atoms with Gasteiger partial charge in [-0.2, -0.15) is 0 Å². The molecule has 0 fully saturated rings. The number of imidazole rings is 1. The van der Waals surface area contributed by atoms with Gasteiger partial charge in [-0.15, -0.1) is 5.10 Å². The SMILES string of the molecule is CC(C)[C@@H](CO)Nc1ccc2ncc(-c3ccco3)n2n1. The predicted octanol–water partition coefficient (Wildman–Crippen LogP) is 2.42. The molecule has 1 atom stereocenters. The third kappa shape index (κ3) is 2.62. The van der Waals surface area contributed by atoms with Crippen molar-refractivity contribution in [1.82, 2.24) is 14.6 Å². The molecule has 0 saturated carbocycles. The van der Waals surface area contributed by atoms with Gasteiger partial charge in [-0.1, -0.05) is 13.8 Å². The highest BCUT2D eigenvalue weighted by molar-refractivity contribution is 5.58. The molecule has 0 saturated heterocycles. The van der Waals surface area contributed by atoms with Crippen molar-refractivity contribution in [2.75, 3.05) is 11.9 Å². The van der Waals surface area contributed by atoms with Crippen LogP contribution in [0.2, 0.25) is 0 Å². The number of rotatable bonds is 5. The van der Waals surface area contributed by atoms with Crippen LogP contribution in [0.25, 0.3) is 17.1 Å². The van der Waals surface area contributed by atoms with Crippen molar-refractivity contribution in [3.05, 3.63) is 36.7 Å². The molecule has 6 heteroatoms. The minimum Gasteiger partial charge on any atom is -0.463 e. The Hall–Kier alpha value is -2.34. The summed E-state index contributed by atoms with van der Waals surface area (Å²) in [5, 5.41) is 17.2. The molecule has 3 aromatic heterocycles. The van der Waals surface area contributed by atoms with Gasteiger partial charge in [0.2, 0.25) is 0 Å². The number of hydrogen-bond donors (Lipinski definition) is 2. The smallest absolute Gasteiger partial charge is 0.154 e. The summed E-state index contributed by atoms with van der Waals surface area (Å²) in [5.41, 5.74) is 1.54. The molecule has 0 amide bonds. The Bertz CT molecular complexity index is 718. The third-order valence-electron chi connectivity index (χ3n) is 3.47. The van der Waals surface area contributed by atoms with E-state index in [1.165, 1.54) is 0 Å². The maximum Gasteiger partial charge on any atom is 0.154 e. The van der Waals surface area contributed by atoms with Crippen LogP contribution in [0.3, 0.4) is 0 Å². The van der Waals surface area contributed by atoms with Crippen LogP contribution < -0.4 is 5.32 Å². The monoisotopic (exact) mass is 286 g/mol. The van der Waals surface area contributed by atoms with Gasteiger partial charge in [0.15, 0.2) is 11.4 Å². The third-order valence-corrected chi connectivity index (χ3v) is 3.47. The molecule has 0 aliphatic heterocycles. The van der Waals surface area contributed by atoms with E-state index in [1.54, 1.807) is 17.0 Å². The van der Waals surface area contributed by atoms with Gasteiger partial charge in [0.25, 0.3) is 0 Å². The minimum absolute atomic E-state index is 0.0365. The zero-order valence-corrected chi connectivity index (χ0v) is 12.0. The van der Waals surface area contributed by atoms with Gasteiger partial charge < -0.3 is 14.8 Å². The molecule has 0 aliphatic rings. The highest BCUT2D eigenvalue weighted by Gasteiger charge is 2.14. The summed E-state index contributed by atoms with van der Waals surface area (Å²) in [6.07, 6.45) is 3.36. The number of aliphatic hydroxyl groups is 1. The predicted molar refractivity (Wildman–Crippen MR) is 80.0 cm³/mol. The van der Waals surface area contributed by atoms with Gasteiger partial charge in [-0.05, 0) is 30.2 Å². The second-order valence-electron chi connectivity index (χ2n) is 5.29. The zero-order valence-electron chi connectivity index (χ0n) is 12.0. The van der Waals surface area contributed by atoms with Gasteiger partial charge in [-0.25, -0.2) is 9.50 Å². The molecule has 3 rings (SSSR count). The van der Waals surface area contributed by atoms with E-state index in [9.17, 15) is 5.11 Å². The summed E-state index contributed by atoms with van der Waals surface area (Å²) >= 11 is 0. The largest absolute Gasteiger partial charge is 0.463 e. The molecule has 21 heavy (non-hydrogen) atoms. The lowest BCUT2D eigenvalue weighted by atomic mass is 10.1. The summed E-state index contributed by atoms with van der Waals surface area (Å²) in [6, 6.07) is 7.41. The second kappa shape index (κ2) is 5.57. The fourth-order valence-electron chi connectivity index (χ4n) is 2.16. The first kappa shape index (κ1) is 13.6. The number of nitrogens with zero attached hydrogens (tertiary/aromatic N) is 3. The molecule has 110 valence electrons. The number of furan rings is 1. The van der Waals surface area contributed by atoms with E-state index in [-0.39, 0.29) is 12.6 Å². The molecule has 6 nitrogen and oxygen atoms in total. The number of fused-ring (bicyclic) bond motifs is 1. The molecule has 3 heterocycles. The van der Waals surface area contributed by atoms with Gasteiger partial charge >= 0.3 is 0 Å². The van der Waals surface area contributed by atoms with E-state index < -0.39 is 0 Å². The number of aliphatic hydroxyl groups excluding tert-OH is 1. The normalized spacial score (nSPS) is 13.0.